The van der Waals surface area contributed by atoms with Gasteiger partial charge >= 0.3 is 6.18 Å². The van der Waals surface area contributed by atoms with Crippen LogP contribution in [-0.2, 0) is 12.1 Å². The van der Waals surface area contributed by atoms with E-state index in [0.29, 0.717) is 27.7 Å². The van der Waals surface area contributed by atoms with Gasteiger partial charge in [-0.05, 0) is 43.5 Å². The smallest absolute Gasteiger partial charge is 0.358 e. The van der Waals surface area contributed by atoms with Gasteiger partial charge in [0, 0.05) is 29.1 Å². The molecule has 0 amide bonds. The van der Waals surface area contributed by atoms with Gasteiger partial charge in [0.15, 0.2) is 0 Å². The molecule has 1 atom stereocenters. The predicted octanol–water partition coefficient (Wildman–Crippen LogP) is 5.73. The van der Waals surface area contributed by atoms with Crippen LogP contribution in [0, 0.1) is 13.8 Å². The topological polar surface area (TPSA) is 15.8 Å². The lowest BCUT2D eigenvalue weighted by molar-refractivity contribution is -0.304. The minimum atomic E-state index is -5.73. The number of aromatic nitrogens is 1. The highest BCUT2D eigenvalue weighted by atomic mass is 19.4. The number of rotatable bonds is 3. The fourth-order valence-electron chi connectivity index (χ4n) is 2.77. The van der Waals surface area contributed by atoms with Crippen LogP contribution in [0.3, 0.4) is 0 Å². The maximum Gasteiger partial charge on any atom is 0.432 e. The summed E-state index contributed by atoms with van der Waals surface area (Å²) in [4.78, 5) is 3.01. The van der Waals surface area contributed by atoms with Crippen LogP contribution in [0.25, 0.3) is 10.9 Å². The Kier molecular flexibility index (Phi) is 3.98. The highest BCUT2D eigenvalue weighted by Crippen LogP contribution is 2.53. The largest absolute Gasteiger partial charge is 0.432 e. The van der Waals surface area contributed by atoms with Crippen molar-refractivity contribution >= 4 is 10.9 Å². The number of fused-ring (bicyclic) bond motifs is 1. The number of hydrogen-bond acceptors (Lipinski definition) is 0. The number of benzene rings is 1. The molecular weight excluding hydrogens is 320 g/mol. The van der Waals surface area contributed by atoms with Crippen LogP contribution in [0.5, 0.6) is 0 Å². The third-order valence-electron chi connectivity index (χ3n) is 4.27. The normalized spacial score (nSPS) is 15.9. The summed E-state index contributed by atoms with van der Waals surface area (Å²) in [7, 11) is 0. The molecule has 0 bridgehead atoms. The van der Waals surface area contributed by atoms with Crippen molar-refractivity contribution in [2.45, 2.75) is 51.9 Å². The van der Waals surface area contributed by atoms with E-state index < -0.39 is 23.3 Å². The first-order valence-corrected chi connectivity index (χ1v) is 7.10. The molecule has 0 saturated carbocycles. The lowest BCUT2D eigenvalue weighted by Gasteiger charge is -2.33. The fraction of sp³-hybridized carbons (Fsp3) is 0.500. The van der Waals surface area contributed by atoms with Crippen LogP contribution in [0.4, 0.5) is 26.3 Å². The van der Waals surface area contributed by atoms with Crippen molar-refractivity contribution in [3.8, 4) is 0 Å². The van der Waals surface area contributed by atoms with Gasteiger partial charge in [0.1, 0.15) is 0 Å². The third-order valence-corrected chi connectivity index (χ3v) is 4.27. The summed E-state index contributed by atoms with van der Waals surface area (Å²) < 4.78 is 81.3. The molecule has 0 aliphatic heterocycles. The van der Waals surface area contributed by atoms with Crippen molar-refractivity contribution in [2.75, 3.05) is 0 Å². The van der Waals surface area contributed by atoms with Crippen LogP contribution < -0.4 is 0 Å². The van der Waals surface area contributed by atoms with Gasteiger partial charge in [-0.15, -0.1) is 0 Å². The molecule has 1 N–H and O–H groups in total. The second kappa shape index (κ2) is 5.18. The van der Waals surface area contributed by atoms with E-state index in [2.05, 4.69) is 4.98 Å². The Bertz CT molecular complexity index is 722. The van der Waals surface area contributed by atoms with Gasteiger partial charge in [-0.2, -0.15) is 13.2 Å². The van der Waals surface area contributed by atoms with E-state index in [1.807, 2.05) is 0 Å². The van der Waals surface area contributed by atoms with Crippen LogP contribution in [0.2, 0.25) is 0 Å². The van der Waals surface area contributed by atoms with Crippen LogP contribution in [0.15, 0.2) is 12.1 Å². The van der Waals surface area contributed by atoms with E-state index in [0.717, 1.165) is 12.1 Å². The van der Waals surface area contributed by atoms with Crippen molar-refractivity contribution in [3.05, 3.63) is 34.5 Å². The minimum Gasteiger partial charge on any atom is -0.358 e. The van der Waals surface area contributed by atoms with Crippen molar-refractivity contribution in [1.82, 2.24) is 4.98 Å². The maximum atomic E-state index is 14.6. The van der Waals surface area contributed by atoms with Crippen molar-refractivity contribution in [1.29, 1.82) is 0 Å². The Morgan fingerprint density at radius 3 is 2.00 bits per heavy atom. The van der Waals surface area contributed by atoms with Crippen molar-refractivity contribution in [3.63, 3.8) is 0 Å². The summed E-state index contributed by atoms with van der Waals surface area (Å²) >= 11 is 0. The quantitative estimate of drug-likeness (QED) is 0.689. The molecule has 128 valence electrons. The van der Waals surface area contributed by atoms with Crippen molar-refractivity contribution in [2.24, 2.45) is 0 Å². The van der Waals surface area contributed by atoms with Gasteiger partial charge in [0.2, 0.25) is 0 Å². The van der Waals surface area contributed by atoms with E-state index in [9.17, 15) is 26.3 Å². The monoisotopic (exact) mass is 337 g/mol. The summed E-state index contributed by atoms with van der Waals surface area (Å²) in [5.74, 6) is -4.61. The molecule has 0 saturated heterocycles. The molecule has 1 heterocycles. The lowest BCUT2D eigenvalue weighted by Crippen LogP contribution is -2.51. The highest BCUT2D eigenvalue weighted by molar-refractivity contribution is 5.88. The average molecular weight is 337 g/mol. The van der Waals surface area contributed by atoms with E-state index in [-0.39, 0.29) is 13.3 Å². The Labute approximate surface area is 129 Å². The molecule has 1 unspecified atom stereocenters. The zero-order valence-corrected chi connectivity index (χ0v) is 13.1. The number of hydrogen-bond donors (Lipinski definition) is 1. The maximum absolute atomic E-state index is 14.6. The first-order valence-electron chi connectivity index (χ1n) is 7.10. The van der Waals surface area contributed by atoms with Gasteiger partial charge in [0.05, 0.1) is 0 Å². The standard InChI is InChI=1S/C16H17F6N/c1-5-10-6-11(7-12-8(2)9(3)23-13(10)12)15(19,14(4,17)18)16(20,21)22/h6-7,23H,5H2,1-4H3. The number of nitrogens with one attached hydrogen (secondary N) is 1. The summed E-state index contributed by atoms with van der Waals surface area (Å²) in [6, 6.07) is 1.75. The highest BCUT2D eigenvalue weighted by Gasteiger charge is 2.70. The Hall–Kier alpha value is -1.66. The molecule has 0 aliphatic carbocycles. The first-order chi connectivity index (χ1) is 10.3. The van der Waals surface area contributed by atoms with E-state index >= 15 is 0 Å². The summed E-state index contributed by atoms with van der Waals surface area (Å²) in [6.45, 7) is 4.98. The summed E-state index contributed by atoms with van der Waals surface area (Å²) in [5.41, 5.74) is -3.58. The van der Waals surface area contributed by atoms with Gasteiger partial charge in [-0.25, -0.2) is 13.2 Å². The minimum absolute atomic E-state index is 0.0501. The number of aromatic amines is 1. The summed E-state index contributed by atoms with van der Waals surface area (Å²) in [5, 5.41) is 0.326. The molecule has 7 heteroatoms. The molecule has 2 aromatic rings. The van der Waals surface area contributed by atoms with Gasteiger partial charge in [-0.1, -0.05) is 6.92 Å². The molecular formula is C16H17F6N. The molecule has 2 rings (SSSR count). The van der Waals surface area contributed by atoms with Crippen LogP contribution >= 0.6 is 0 Å². The second-order valence-electron chi connectivity index (χ2n) is 5.83. The van der Waals surface area contributed by atoms with E-state index in [1.54, 1.807) is 20.8 Å². The molecule has 0 fully saturated rings. The van der Waals surface area contributed by atoms with E-state index in [4.69, 9.17) is 0 Å². The second-order valence-corrected chi connectivity index (χ2v) is 5.83. The van der Waals surface area contributed by atoms with Crippen LogP contribution in [0.1, 0.15) is 36.2 Å². The Morgan fingerprint density at radius 2 is 1.57 bits per heavy atom. The number of H-pyrrole nitrogens is 1. The van der Waals surface area contributed by atoms with Gasteiger partial charge < -0.3 is 4.98 Å². The molecule has 0 aliphatic rings. The van der Waals surface area contributed by atoms with Gasteiger partial charge in [0.25, 0.3) is 11.6 Å². The number of aryl methyl sites for hydroxylation is 3. The van der Waals surface area contributed by atoms with Crippen LogP contribution in [-0.4, -0.2) is 17.1 Å². The lowest BCUT2D eigenvalue weighted by atomic mass is 9.86. The van der Waals surface area contributed by atoms with Crippen molar-refractivity contribution < 1.29 is 26.3 Å². The molecule has 1 nitrogen and oxygen atoms in total. The Balaban J connectivity index is 2.88. The SMILES string of the molecule is CCc1cc(C(F)(C(C)(F)F)C(F)(F)F)cc2c(C)c(C)[nH]c12. The van der Waals surface area contributed by atoms with E-state index in [1.165, 1.54) is 0 Å². The number of alkyl halides is 6. The summed E-state index contributed by atoms with van der Waals surface area (Å²) in [6.07, 6.45) is -5.45. The molecule has 1 aromatic heterocycles. The fourth-order valence-corrected chi connectivity index (χ4v) is 2.77. The van der Waals surface area contributed by atoms with Gasteiger partial charge in [-0.3, -0.25) is 0 Å². The predicted molar refractivity (Wildman–Crippen MR) is 76.6 cm³/mol. The molecule has 0 spiro atoms. The molecule has 1 aromatic carbocycles. The zero-order chi connectivity index (χ0) is 17.8. The number of halogens is 6. The molecule has 23 heavy (non-hydrogen) atoms. The third kappa shape index (κ3) is 2.50. The first kappa shape index (κ1) is 17.7. The molecule has 0 radical (unpaired) electrons. The Morgan fingerprint density at radius 1 is 1.00 bits per heavy atom. The average Bonchev–Trinajstić information content (AvgIpc) is 2.70. The zero-order valence-electron chi connectivity index (χ0n) is 13.1.